The lowest BCUT2D eigenvalue weighted by Gasteiger charge is -2.33. The normalized spacial score (nSPS) is 15.1. The number of aromatic amines is 1. The standard InChI is InChI=1S/C22H24BrN7O/c1-28(2)22(31)29-9-6-13(7-10-29)21-27-18(19-20(24)25-8-11-30(19)21)16-12-14-4-3-5-15(23)17(14)26-16/h3-5,8,11-13,26H,6-7,9-10H2,1-2H3,(H2,24,25). The van der Waals surface area contributed by atoms with Gasteiger partial charge in [0.25, 0.3) is 0 Å². The van der Waals surface area contributed by atoms with Crippen molar-refractivity contribution in [2.24, 2.45) is 0 Å². The molecule has 160 valence electrons. The Labute approximate surface area is 188 Å². The summed E-state index contributed by atoms with van der Waals surface area (Å²) in [5.74, 6) is 1.66. The van der Waals surface area contributed by atoms with Crippen LogP contribution in [0.25, 0.3) is 27.8 Å². The van der Waals surface area contributed by atoms with E-state index in [2.05, 4.69) is 42.4 Å². The molecule has 3 N–H and O–H groups in total. The highest BCUT2D eigenvalue weighted by Gasteiger charge is 2.29. The summed E-state index contributed by atoms with van der Waals surface area (Å²) in [5, 5.41) is 1.10. The Morgan fingerprint density at radius 3 is 2.77 bits per heavy atom. The number of nitrogens with two attached hydrogens (primary N) is 1. The highest BCUT2D eigenvalue weighted by Crippen LogP contribution is 2.36. The molecule has 4 aromatic rings. The first-order chi connectivity index (χ1) is 14.9. The number of H-pyrrole nitrogens is 1. The molecule has 1 aliphatic rings. The molecular weight excluding hydrogens is 458 g/mol. The number of likely N-dealkylation sites (tertiary alicyclic amines) is 1. The molecule has 3 aromatic heterocycles. The zero-order valence-corrected chi connectivity index (χ0v) is 19.1. The Hall–Kier alpha value is -3.07. The number of nitrogens with zero attached hydrogens (tertiary/aromatic N) is 5. The molecule has 1 aliphatic heterocycles. The molecule has 1 saturated heterocycles. The van der Waals surface area contributed by atoms with Crippen LogP contribution in [0, 0.1) is 0 Å². The van der Waals surface area contributed by atoms with Crippen LogP contribution < -0.4 is 5.73 Å². The number of aromatic nitrogens is 4. The summed E-state index contributed by atoms with van der Waals surface area (Å²) in [5.41, 5.74) is 9.85. The van der Waals surface area contributed by atoms with Crippen molar-refractivity contribution in [1.82, 2.24) is 29.2 Å². The van der Waals surface area contributed by atoms with Gasteiger partial charge in [0.2, 0.25) is 0 Å². The molecule has 8 nitrogen and oxygen atoms in total. The smallest absolute Gasteiger partial charge is 0.319 e. The summed E-state index contributed by atoms with van der Waals surface area (Å²) in [6.07, 6.45) is 5.36. The SMILES string of the molecule is CN(C)C(=O)N1CCC(c2nc(-c3cc4cccc(Br)c4[nH]3)c3c(N)nccn23)CC1. The van der Waals surface area contributed by atoms with E-state index in [9.17, 15) is 4.79 Å². The lowest BCUT2D eigenvalue weighted by atomic mass is 9.96. The number of rotatable bonds is 2. The van der Waals surface area contributed by atoms with E-state index < -0.39 is 0 Å². The average Bonchev–Trinajstić information content (AvgIpc) is 3.37. The van der Waals surface area contributed by atoms with Gasteiger partial charge in [0.1, 0.15) is 22.9 Å². The largest absolute Gasteiger partial charge is 0.382 e. The van der Waals surface area contributed by atoms with Crippen LogP contribution in [-0.2, 0) is 0 Å². The minimum absolute atomic E-state index is 0.0595. The minimum Gasteiger partial charge on any atom is -0.382 e. The number of fused-ring (bicyclic) bond motifs is 2. The third-order valence-electron chi connectivity index (χ3n) is 5.98. The molecule has 1 fully saturated rings. The summed E-state index contributed by atoms with van der Waals surface area (Å²) in [6.45, 7) is 1.43. The number of imidazole rings is 1. The van der Waals surface area contributed by atoms with Gasteiger partial charge in [-0.3, -0.25) is 4.40 Å². The fraction of sp³-hybridized carbons (Fsp3) is 0.318. The van der Waals surface area contributed by atoms with Crippen molar-refractivity contribution >= 4 is 44.2 Å². The predicted octanol–water partition coefficient (Wildman–Crippen LogP) is 4.08. The van der Waals surface area contributed by atoms with Crippen molar-refractivity contribution in [3.05, 3.63) is 47.0 Å². The van der Waals surface area contributed by atoms with Crippen molar-refractivity contribution in [2.45, 2.75) is 18.8 Å². The van der Waals surface area contributed by atoms with Crippen molar-refractivity contribution in [3.8, 4) is 11.4 Å². The Kier molecular flexibility index (Phi) is 4.85. The summed E-state index contributed by atoms with van der Waals surface area (Å²) < 4.78 is 3.07. The van der Waals surface area contributed by atoms with Crippen LogP contribution in [0.4, 0.5) is 10.6 Å². The van der Waals surface area contributed by atoms with Crippen LogP contribution in [0.3, 0.4) is 0 Å². The van der Waals surface area contributed by atoms with E-state index in [1.807, 2.05) is 23.2 Å². The van der Waals surface area contributed by atoms with Gasteiger partial charge in [-0.25, -0.2) is 14.8 Å². The Morgan fingerprint density at radius 1 is 1.29 bits per heavy atom. The molecule has 0 atom stereocenters. The quantitative estimate of drug-likeness (QED) is 0.450. The number of nitrogen functional groups attached to an aromatic ring is 1. The summed E-state index contributed by atoms with van der Waals surface area (Å²) in [7, 11) is 3.58. The van der Waals surface area contributed by atoms with E-state index in [0.717, 1.165) is 50.9 Å². The molecule has 0 radical (unpaired) electrons. The average molecular weight is 482 g/mol. The number of urea groups is 1. The number of halogens is 1. The van der Waals surface area contributed by atoms with Gasteiger partial charge in [0, 0.05) is 55.4 Å². The molecule has 0 saturated carbocycles. The molecule has 31 heavy (non-hydrogen) atoms. The maximum Gasteiger partial charge on any atom is 0.319 e. The van der Waals surface area contributed by atoms with Crippen LogP contribution >= 0.6 is 15.9 Å². The first kappa shape index (κ1) is 19.9. The number of amides is 2. The van der Waals surface area contributed by atoms with Gasteiger partial charge < -0.3 is 20.5 Å². The molecule has 2 amide bonds. The monoisotopic (exact) mass is 481 g/mol. The Morgan fingerprint density at radius 2 is 2.06 bits per heavy atom. The van der Waals surface area contributed by atoms with Gasteiger partial charge in [-0.15, -0.1) is 0 Å². The third kappa shape index (κ3) is 3.33. The Balaban J connectivity index is 1.56. The maximum absolute atomic E-state index is 12.3. The summed E-state index contributed by atoms with van der Waals surface area (Å²) >= 11 is 3.61. The minimum atomic E-state index is 0.0595. The van der Waals surface area contributed by atoms with Crippen LogP contribution in [-0.4, -0.2) is 62.4 Å². The van der Waals surface area contributed by atoms with Crippen molar-refractivity contribution < 1.29 is 4.79 Å². The van der Waals surface area contributed by atoms with Crippen LogP contribution in [0.1, 0.15) is 24.6 Å². The van der Waals surface area contributed by atoms with Gasteiger partial charge in [-0.1, -0.05) is 12.1 Å². The number of piperidine rings is 1. The highest BCUT2D eigenvalue weighted by atomic mass is 79.9. The number of para-hydroxylation sites is 1. The summed E-state index contributed by atoms with van der Waals surface area (Å²) in [4.78, 5) is 28.7. The lowest BCUT2D eigenvalue weighted by Crippen LogP contribution is -2.43. The first-order valence-corrected chi connectivity index (χ1v) is 11.1. The zero-order chi connectivity index (χ0) is 21.7. The van der Waals surface area contributed by atoms with E-state index in [1.165, 1.54) is 0 Å². The van der Waals surface area contributed by atoms with E-state index in [4.69, 9.17) is 10.7 Å². The van der Waals surface area contributed by atoms with Crippen LogP contribution in [0.2, 0.25) is 0 Å². The molecule has 0 unspecified atom stereocenters. The molecule has 0 aliphatic carbocycles. The number of nitrogens with one attached hydrogen (secondary N) is 1. The van der Waals surface area contributed by atoms with Crippen molar-refractivity contribution in [2.75, 3.05) is 32.9 Å². The molecule has 0 bridgehead atoms. The lowest BCUT2D eigenvalue weighted by molar-refractivity contribution is 0.155. The Bertz CT molecular complexity index is 1280. The number of benzene rings is 1. The van der Waals surface area contributed by atoms with Crippen molar-refractivity contribution in [3.63, 3.8) is 0 Å². The number of carbonyl (C=O) groups excluding carboxylic acids is 1. The number of anilines is 1. The maximum atomic E-state index is 12.3. The fourth-order valence-corrected chi connectivity index (χ4v) is 4.90. The summed E-state index contributed by atoms with van der Waals surface area (Å²) in [6, 6.07) is 8.25. The molecule has 9 heteroatoms. The second kappa shape index (κ2) is 7.56. The number of carbonyl (C=O) groups is 1. The van der Waals surface area contributed by atoms with E-state index in [-0.39, 0.29) is 11.9 Å². The molecular formula is C22H24BrN7O. The molecule has 4 heterocycles. The van der Waals surface area contributed by atoms with E-state index in [1.54, 1.807) is 25.2 Å². The predicted molar refractivity (Wildman–Crippen MR) is 125 cm³/mol. The molecule has 1 aromatic carbocycles. The number of hydrogen-bond acceptors (Lipinski definition) is 4. The number of hydrogen-bond donors (Lipinski definition) is 2. The van der Waals surface area contributed by atoms with Gasteiger partial charge >= 0.3 is 6.03 Å². The van der Waals surface area contributed by atoms with Crippen LogP contribution in [0.5, 0.6) is 0 Å². The third-order valence-corrected chi connectivity index (χ3v) is 6.64. The van der Waals surface area contributed by atoms with Gasteiger partial charge in [0.15, 0.2) is 0 Å². The second-order valence-electron chi connectivity index (χ2n) is 8.18. The van der Waals surface area contributed by atoms with Gasteiger partial charge in [0.05, 0.1) is 11.2 Å². The highest BCUT2D eigenvalue weighted by molar-refractivity contribution is 9.10. The fourth-order valence-electron chi connectivity index (χ4n) is 4.42. The van der Waals surface area contributed by atoms with Crippen molar-refractivity contribution in [1.29, 1.82) is 0 Å². The molecule has 5 rings (SSSR count). The second-order valence-corrected chi connectivity index (χ2v) is 9.03. The first-order valence-electron chi connectivity index (χ1n) is 10.3. The van der Waals surface area contributed by atoms with Gasteiger partial charge in [-0.2, -0.15) is 0 Å². The molecule has 0 spiro atoms. The van der Waals surface area contributed by atoms with E-state index >= 15 is 0 Å². The zero-order valence-electron chi connectivity index (χ0n) is 17.5. The van der Waals surface area contributed by atoms with Crippen LogP contribution in [0.15, 0.2) is 41.1 Å². The van der Waals surface area contributed by atoms with Gasteiger partial charge in [-0.05, 0) is 40.9 Å². The van der Waals surface area contributed by atoms with E-state index in [0.29, 0.717) is 18.9 Å². The topological polar surface area (TPSA) is 95.5 Å².